The fourth-order valence-corrected chi connectivity index (χ4v) is 2.01. The van der Waals surface area contributed by atoms with Gasteiger partial charge in [0.1, 0.15) is 0 Å². The number of ketones is 1. The molecule has 0 unspecified atom stereocenters. The Morgan fingerprint density at radius 2 is 2.53 bits per heavy atom. The lowest BCUT2D eigenvalue weighted by atomic mass is 10.3. The van der Waals surface area contributed by atoms with E-state index in [0.717, 1.165) is 4.90 Å². The van der Waals surface area contributed by atoms with E-state index in [2.05, 4.69) is 10.1 Å². The van der Waals surface area contributed by atoms with Gasteiger partial charge in [-0.05, 0) is 12.1 Å². The van der Waals surface area contributed by atoms with Gasteiger partial charge in [-0.3, -0.25) is 9.48 Å². The number of hydrogen-bond acceptors (Lipinski definition) is 3. The van der Waals surface area contributed by atoms with Crippen LogP contribution in [0.3, 0.4) is 0 Å². The zero-order valence-electron chi connectivity index (χ0n) is 8.30. The van der Waals surface area contributed by atoms with Gasteiger partial charge < -0.3 is 4.98 Å². The SMILES string of the molecule is Cn1cc(SCC(=O)c2ccc[nH]2)cn1. The molecule has 0 saturated carbocycles. The number of nitrogens with one attached hydrogen (secondary N) is 1. The van der Waals surface area contributed by atoms with Crippen molar-refractivity contribution in [3.8, 4) is 0 Å². The second kappa shape index (κ2) is 4.35. The number of rotatable bonds is 4. The van der Waals surface area contributed by atoms with Gasteiger partial charge in [0.25, 0.3) is 0 Å². The molecule has 0 aromatic carbocycles. The first-order chi connectivity index (χ1) is 7.25. The van der Waals surface area contributed by atoms with Crippen molar-refractivity contribution >= 4 is 17.5 Å². The second-order valence-electron chi connectivity index (χ2n) is 3.15. The number of aromatic nitrogens is 3. The van der Waals surface area contributed by atoms with Crippen LogP contribution in [-0.2, 0) is 7.05 Å². The quantitative estimate of drug-likeness (QED) is 0.631. The van der Waals surface area contributed by atoms with Crippen LogP contribution in [0.25, 0.3) is 0 Å². The van der Waals surface area contributed by atoms with E-state index in [4.69, 9.17) is 0 Å². The number of hydrogen-bond donors (Lipinski definition) is 1. The number of nitrogens with zero attached hydrogens (tertiary/aromatic N) is 2. The molecule has 2 aromatic heterocycles. The minimum Gasteiger partial charge on any atom is -0.359 e. The molecule has 1 N–H and O–H groups in total. The molecule has 0 atom stereocenters. The summed E-state index contributed by atoms with van der Waals surface area (Å²) < 4.78 is 1.72. The molecule has 0 bridgehead atoms. The highest BCUT2D eigenvalue weighted by Gasteiger charge is 2.07. The zero-order chi connectivity index (χ0) is 10.7. The van der Waals surface area contributed by atoms with Crippen LogP contribution >= 0.6 is 11.8 Å². The number of Topliss-reactive ketones (excluding diaryl/α,β-unsaturated/α-hetero) is 1. The van der Waals surface area contributed by atoms with Crippen molar-refractivity contribution in [2.45, 2.75) is 4.90 Å². The average Bonchev–Trinajstić information content (AvgIpc) is 2.84. The van der Waals surface area contributed by atoms with Gasteiger partial charge in [0.2, 0.25) is 0 Å². The van der Waals surface area contributed by atoms with Gasteiger partial charge >= 0.3 is 0 Å². The Bertz CT molecular complexity index is 447. The molecule has 0 aliphatic rings. The Morgan fingerprint density at radius 3 is 3.13 bits per heavy atom. The van der Waals surface area contributed by atoms with E-state index in [1.54, 1.807) is 23.1 Å². The van der Waals surface area contributed by atoms with Crippen molar-refractivity contribution in [3.05, 3.63) is 36.4 Å². The van der Waals surface area contributed by atoms with Crippen molar-refractivity contribution in [3.63, 3.8) is 0 Å². The summed E-state index contributed by atoms with van der Waals surface area (Å²) >= 11 is 1.49. The fraction of sp³-hybridized carbons (Fsp3) is 0.200. The van der Waals surface area contributed by atoms with Crippen molar-refractivity contribution in [2.75, 3.05) is 5.75 Å². The maximum Gasteiger partial charge on any atom is 0.189 e. The highest BCUT2D eigenvalue weighted by Crippen LogP contribution is 2.17. The van der Waals surface area contributed by atoms with Gasteiger partial charge in [-0.2, -0.15) is 5.10 Å². The van der Waals surface area contributed by atoms with Crippen LogP contribution in [0.4, 0.5) is 0 Å². The van der Waals surface area contributed by atoms with Gasteiger partial charge in [0, 0.05) is 24.3 Å². The molecule has 2 aromatic rings. The molecule has 0 saturated heterocycles. The van der Waals surface area contributed by atoms with Crippen LogP contribution in [0, 0.1) is 0 Å². The zero-order valence-corrected chi connectivity index (χ0v) is 9.12. The summed E-state index contributed by atoms with van der Waals surface area (Å²) in [6, 6.07) is 3.61. The van der Waals surface area contributed by atoms with Crippen molar-refractivity contribution < 1.29 is 4.79 Å². The summed E-state index contributed by atoms with van der Waals surface area (Å²) in [4.78, 5) is 15.5. The van der Waals surface area contributed by atoms with Gasteiger partial charge in [-0.15, -0.1) is 11.8 Å². The molecule has 0 radical (unpaired) electrons. The van der Waals surface area contributed by atoms with E-state index in [0.29, 0.717) is 11.4 Å². The first kappa shape index (κ1) is 10.0. The Morgan fingerprint density at radius 1 is 1.67 bits per heavy atom. The topological polar surface area (TPSA) is 50.7 Å². The molecule has 0 aliphatic heterocycles. The Labute approximate surface area is 91.7 Å². The molecule has 0 amide bonds. The molecular weight excluding hydrogens is 210 g/mol. The van der Waals surface area contributed by atoms with Gasteiger partial charge in [-0.25, -0.2) is 0 Å². The summed E-state index contributed by atoms with van der Waals surface area (Å²) in [5, 5.41) is 4.03. The van der Waals surface area contributed by atoms with Gasteiger partial charge in [-0.1, -0.05) is 0 Å². The number of thioether (sulfide) groups is 1. The van der Waals surface area contributed by atoms with Crippen LogP contribution in [-0.4, -0.2) is 26.3 Å². The third kappa shape index (κ3) is 2.50. The Balaban J connectivity index is 1.91. The number of carbonyl (C=O) groups is 1. The first-order valence-corrected chi connectivity index (χ1v) is 5.52. The number of aromatic amines is 1. The predicted octanol–water partition coefficient (Wildman–Crippen LogP) is 1.72. The minimum absolute atomic E-state index is 0.105. The molecule has 2 heterocycles. The van der Waals surface area contributed by atoms with Gasteiger partial charge in [0.15, 0.2) is 5.78 Å². The van der Waals surface area contributed by atoms with E-state index in [1.807, 2.05) is 19.3 Å². The summed E-state index contributed by atoms with van der Waals surface area (Å²) in [7, 11) is 1.86. The number of H-pyrrole nitrogens is 1. The standard InChI is InChI=1S/C10H11N3OS/c1-13-6-8(5-12-13)15-7-10(14)9-3-2-4-11-9/h2-6,11H,7H2,1H3. The summed E-state index contributed by atoms with van der Waals surface area (Å²) in [5.41, 5.74) is 0.659. The van der Waals surface area contributed by atoms with E-state index in [1.165, 1.54) is 11.8 Å². The predicted molar refractivity (Wildman–Crippen MR) is 59.1 cm³/mol. The largest absolute Gasteiger partial charge is 0.359 e. The van der Waals surface area contributed by atoms with Crippen LogP contribution in [0.1, 0.15) is 10.5 Å². The second-order valence-corrected chi connectivity index (χ2v) is 4.19. The van der Waals surface area contributed by atoms with Crippen molar-refractivity contribution in [1.82, 2.24) is 14.8 Å². The summed E-state index contributed by atoms with van der Waals surface area (Å²) in [6.45, 7) is 0. The molecule has 0 aliphatic carbocycles. The van der Waals surface area contributed by atoms with E-state index >= 15 is 0 Å². The molecule has 15 heavy (non-hydrogen) atoms. The normalized spacial score (nSPS) is 10.5. The maximum absolute atomic E-state index is 11.6. The lowest BCUT2D eigenvalue weighted by molar-refractivity contribution is 0.101. The van der Waals surface area contributed by atoms with Crippen LogP contribution in [0.15, 0.2) is 35.6 Å². The lowest BCUT2D eigenvalue weighted by Crippen LogP contribution is -2.01. The maximum atomic E-state index is 11.6. The molecule has 2 rings (SSSR count). The van der Waals surface area contributed by atoms with Crippen LogP contribution in [0.5, 0.6) is 0 Å². The first-order valence-electron chi connectivity index (χ1n) is 4.54. The van der Waals surface area contributed by atoms with Gasteiger partial charge in [0.05, 0.1) is 17.6 Å². The molecular formula is C10H11N3OS. The van der Waals surface area contributed by atoms with Crippen LogP contribution in [0.2, 0.25) is 0 Å². The molecule has 4 nitrogen and oxygen atoms in total. The lowest BCUT2D eigenvalue weighted by Gasteiger charge is -1.95. The van der Waals surface area contributed by atoms with Crippen molar-refractivity contribution in [1.29, 1.82) is 0 Å². The average molecular weight is 221 g/mol. The smallest absolute Gasteiger partial charge is 0.189 e. The molecule has 5 heteroatoms. The van der Waals surface area contributed by atoms with Crippen molar-refractivity contribution in [2.24, 2.45) is 7.05 Å². The highest BCUT2D eigenvalue weighted by molar-refractivity contribution is 8.00. The third-order valence-electron chi connectivity index (χ3n) is 1.95. The third-order valence-corrected chi connectivity index (χ3v) is 2.90. The Hall–Kier alpha value is -1.49. The summed E-state index contributed by atoms with van der Waals surface area (Å²) in [6.07, 6.45) is 5.40. The van der Waals surface area contributed by atoms with E-state index in [9.17, 15) is 4.79 Å². The molecule has 0 fully saturated rings. The Kier molecular flexibility index (Phi) is 2.91. The number of aryl methyl sites for hydroxylation is 1. The van der Waals surface area contributed by atoms with Crippen LogP contribution < -0.4 is 0 Å². The molecule has 78 valence electrons. The number of carbonyl (C=O) groups excluding carboxylic acids is 1. The minimum atomic E-state index is 0.105. The highest BCUT2D eigenvalue weighted by atomic mass is 32.2. The fourth-order valence-electron chi connectivity index (χ4n) is 1.20. The van der Waals surface area contributed by atoms with E-state index in [-0.39, 0.29) is 5.78 Å². The van der Waals surface area contributed by atoms with E-state index < -0.39 is 0 Å². The molecule has 0 spiro atoms. The monoisotopic (exact) mass is 221 g/mol. The summed E-state index contributed by atoms with van der Waals surface area (Å²) in [5.74, 6) is 0.542.